The predicted octanol–water partition coefficient (Wildman–Crippen LogP) is 2.34. The maximum absolute atomic E-state index is 5.62. The molecule has 0 bridgehead atoms. The second kappa shape index (κ2) is 4.70. The van der Waals surface area contributed by atoms with Crippen molar-refractivity contribution in [3.8, 4) is 0 Å². The first-order chi connectivity index (χ1) is 8.04. The average molecular weight is 297 g/mol. The molecule has 2 rings (SSSR count). The van der Waals surface area contributed by atoms with E-state index in [0.29, 0.717) is 22.4 Å². The smallest absolute Gasteiger partial charge is 0.230 e. The van der Waals surface area contributed by atoms with E-state index in [2.05, 4.69) is 50.2 Å². The van der Waals surface area contributed by atoms with Gasteiger partial charge < -0.3 is 11.1 Å². The normalized spacial score (nSPS) is 10.8. The van der Waals surface area contributed by atoms with Crippen LogP contribution < -0.4 is 11.1 Å². The monoisotopic (exact) mass is 296 g/mol. The first-order valence-corrected chi connectivity index (χ1v) is 5.95. The van der Waals surface area contributed by atoms with Gasteiger partial charge in [0, 0.05) is 18.3 Å². The van der Waals surface area contributed by atoms with Gasteiger partial charge in [0.2, 0.25) is 5.95 Å². The number of halogens is 1. The number of rotatable bonds is 3. The number of nitrogens with zero attached hydrogens (tertiary/aromatic N) is 4. The lowest BCUT2D eigenvalue weighted by molar-refractivity contribution is 0.532. The Morgan fingerprint density at radius 2 is 2.18 bits per heavy atom. The molecule has 0 unspecified atom stereocenters. The fourth-order valence-electron chi connectivity index (χ4n) is 1.31. The number of hydrogen-bond donors (Lipinski definition) is 2. The molecule has 17 heavy (non-hydrogen) atoms. The van der Waals surface area contributed by atoms with Crippen molar-refractivity contribution in [2.24, 2.45) is 0 Å². The number of hydrogen-bond acceptors (Lipinski definition) is 5. The maximum Gasteiger partial charge on any atom is 0.230 e. The highest BCUT2D eigenvalue weighted by atomic mass is 79.9. The Balaban J connectivity index is 2.19. The Morgan fingerprint density at radius 3 is 2.76 bits per heavy atom. The molecule has 7 heteroatoms. The lowest BCUT2D eigenvalue weighted by atomic mass is 10.4. The van der Waals surface area contributed by atoms with E-state index in [1.807, 2.05) is 10.9 Å². The summed E-state index contributed by atoms with van der Waals surface area (Å²) < 4.78 is 2.49. The molecule has 0 aromatic carbocycles. The summed E-state index contributed by atoms with van der Waals surface area (Å²) in [6.07, 6.45) is 3.62. The maximum atomic E-state index is 5.62. The molecule has 0 aliphatic heterocycles. The van der Waals surface area contributed by atoms with Crippen LogP contribution in [-0.2, 0) is 0 Å². The van der Waals surface area contributed by atoms with Crippen LogP contribution in [0.1, 0.15) is 19.9 Å². The van der Waals surface area contributed by atoms with Crippen molar-refractivity contribution in [1.29, 1.82) is 0 Å². The van der Waals surface area contributed by atoms with E-state index in [1.54, 1.807) is 12.3 Å². The van der Waals surface area contributed by atoms with Gasteiger partial charge in [0.25, 0.3) is 0 Å². The van der Waals surface area contributed by atoms with E-state index >= 15 is 0 Å². The van der Waals surface area contributed by atoms with Crippen LogP contribution >= 0.6 is 15.9 Å². The van der Waals surface area contributed by atoms with Gasteiger partial charge in [0.1, 0.15) is 10.4 Å². The minimum Gasteiger partial charge on any atom is -0.383 e. The zero-order chi connectivity index (χ0) is 12.4. The van der Waals surface area contributed by atoms with Crippen LogP contribution in [0.4, 0.5) is 17.5 Å². The highest BCUT2D eigenvalue weighted by Gasteiger charge is 2.05. The Hall–Kier alpha value is -1.63. The molecule has 6 nitrogen and oxygen atoms in total. The fourth-order valence-corrected chi connectivity index (χ4v) is 1.71. The summed E-state index contributed by atoms with van der Waals surface area (Å²) in [6.45, 7) is 4.12. The summed E-state index contributed by atoms with van der Waals surface area (Å²) in [5, 5.41) is 7.26. The third-order valence-corrected chi connectivity index (χ3v) is 2.51. The number of aromatic nitrogens is 4. The van der Waals surface area contributed by atoms with E-state index < -0.39 is 0 Å². The molecule has 0 saturated heterocycles. The van der Waals surface area contributed by atoms with Gasteiger partial charge in [-0.15, -0.1) is 0 Å². The van der Waals surface area contributed by atoms with Gasteiger partial charge in [-0.2, -0.15) is 10.1 Å². The van der Waals surface area contributed by atoms with Crippen LogP contribution in [0.15, 0.2) is 23.1 Å². The molecule has 0 aliphatic rings. The molecule has 2 heterocycles. The number of nitrogens with two attached hydrogens (primary N) is 1. The average Bonchev–Trinajstić information content (AvgIpc) is 2.64. The molecule has 0 saturated carbocycles. The second-order valence-corrected chi connectivity index (χ2v) is 4.68. The quantitative estimate of drug-likeness (QED) is 0.850. The van der Waals surface area contributed by atoms with E-state index in [0.717, 1.165) is 5.69 Å². The molecule has 0 radical (unpaired) electrons. The predicted molar refractivity (Wildman–Crippen MR) is 70.0 cm³/mol. The van der Waals surface area contributed by atoms with Gasteiger partial charge in [0.05, 0.1) is 11.9 Å². The first kappa shape index (κ1) is 11.8. The Labute approximate surface area is 107 Å². The van der Waals surface area contributed by atoms with Crippen molar-refractivity contribution >= 4 is 33.4 Å². The van der Waals surface area contributed by atoms with Crippen LogP contribution in [0, 0.1) is 0 Å². The first-order valence-electron chi connectivity index (χ1n) is 5.16. The summed E-state index contributed by atoms with van der Waals surface area (Å²) >= 11 is 3.26. The summed E-state index contributed by atoms with van der Waals surface area (Å²) in [7, 11) is 0. The topological polar surface area (TPSA) is 81.7 Å². The molecule has 0 spiro atoms. The Kier molecular flexibility index (Phi) is 3.28. The van der Waals surface area contributed by atoms with Crippen molar-refractivity contribution < 1.29 is 0 Å². The molecule has 2 aromatic rings. The van der Waals surface area contributed by atoms with Crippen molar-refractivity contribution in [1.82, 2.24) is 19.7 Å². The summed E-state index contributed by atoms with van der Waals surface area (Å²) in [5.41, 5.74) is 6.45. The minimum atomic E-state index is 0.319. The van der Waals surface area contributed by atoms with E-state index in [1.165, 1.54) is 0 Å². The van der Waals surface area contributed by atoms with E-state index in [9.17, 15) is 0 Å². The molecule has 0 amide bonds. The van der Waals surface area contributed by atoms with Crippen LogP contribution in [0.2, 0.25) is 0 Å². The van der Waals surface area contributed by atoms with Gasteiger partial charge in [-0.1, -0.05) is 0 Å². The van der Waals surface area contributed by atoms with Gasteiger partial charge in [-0.25, -0.2) is 4.98 Å². The Morgan fingerprint density at radius 1 is 1.41 bits per heavy atom. The standard InChI is InChI=1S/C10H13BrN6/c1-6(2)17-5-7(4-13-17)14-10-15-8(11)3-9(12)16-10/h3-6H,1-2H3,(H3,12,14,15,16). The zero-order valence-electron chi connectivity index (χ0n) is 9.55. The Bertz CT molecular complexity index is 501. The minimum absolute atomic E-state index is 0.319. The number of anilines is 3. The van der Waals surface area contributed by atoms with Gasteiger partial charge in [-0.05, 0) is 29.8 Å². The van der Waals surface area contributed by atoms with E-state index in [-0.39, 0.29) is 0 Å². The third kappa shape index (κ3) is 2.94. The molecular formula is C10H13BrN6. The molecule has 0 aliphatic carbocycles. The molecule has 2 aromatic heterocycles. The van der Waals surface area contributed by atoms with Crippen LogP contribution in [0.25, 0.3) is 0 Å². The molecule has 90 valence electrons. The molecular weight excluding hydrogens is 284 g/mol. The SMILES string of the molecule is CC(C)n1cc(Nc2nc(N)cc(Br)n2)cn1. The lowest BCUT2D eigenvalue weighted by Crippen LogP contribution is -2.01. The van der Waals surface area contributed by atoms with Crippen molar-refractivity contribution in [2.45, 2.75) is 19.9 Å². The third-order valence-electron chi connectivity index (χ3n) is 2.10. The lowest BCUT2D eigenvalue weighted by Gasteiger charge is -2.04. The van der Waals surface area contributed by atoms with Crippen molar-refractivity contribution in [3.63, 3.8) is 0 Å². The molecule has 3 N–H and O–H groups in total. The van der Waals surface area contributed by atoms with Gasteiger partial charge in [0.15, 0.2) is 0 Å². The zero-order valence-corrected chi connectivity index (χ0v) is 11.1. The number of nitrogen functional groups attached to an aromatic ring is 1. The largest absolute Gasteiger partial charge is 0.383 e. The second-order valence-electron chi connectivity index (χ2n) is 3.87. The van der Waals surface area contributed by atoms with Crippen LogP contribution in [-0.4, -0.2) is 19.7 Å². The van der Waals surface area contributed by atoms with E-state index in [4.69, 9.17) is 5.73 Å². The van der Waals surface area contributed by atoms with Crippen molar-refractivity contribution in [2.75, 3.05) is 11.1 Å². The number of nitrogens with one attached hydrogen (secondary N) is 1. The fraction of sp³-hybridized carbons (Fsp3) is 0.300. The van der Waals surface area contributed by atoms with Crippen molar-refractivity contribution in [3.05, 3.63) is 23.1 Å². The summed E-state index contributed by atoms with van der Waals surface area (Å²) in [6, 6.07) is 1.96. The summed E-state index contributed by atoms with van der Waals surface area (Å²) in [4.78, 5) is 8.23. The molecule has 0 fully saturated rings. The highest BCUT2D eigenvalue weighted by molar-refractivity contribution is 9.10. The summed E-state index contributed by atoms with van der Waals surface area (Å²) in [5.74, 6) is 0.853. The molecule has 0 atom stereocenters. The highest BCUT2D eigenvalue weighted by Crippen LogP contribution is 2.17. The van der Waals surface area contributed by atoms with Crippen LogP contribution in [0.5, 0.6) is 0 Å². The van der Waals surface area contributed by atoms with Crippen LogP contribution in [0.3, 0.4) is 0 Å². The van der Waals surface area contributed by atoms with Gasteiger partial charge in [-0.3, -0.25) is 4.68 Å². The van der Waals surface area contributed by atoms with Gasteiger partial charge >= 0.3 is 0 Å².